The van der Waals surface area contributed by atoms with Gasteiger partial charge in [0.05, 0.1) is 25.5 Å². The van der Waals surface area contributed by atoms with E-state index in [1.165, 1.54) is 11.1 Å². The van der Waals surface area contributed by atoms with Crippen molar-refractivity contribution in [2.45, 2.75) is 25.4 Å². The number of nitrogens with one attached hydrogen (secondary N) is 2. The molecule has 1 aliphatic heterocycles. The Labute approximate surface area is 157 Å². The second-order valence-electron chi connectivity index (χ2n) is 6.44. The van der Waals surface area contributed by atoms with E-state index in [0.29, 0.717) is 38.3 Å². The lowest BCUT2D eigenvalue weighted by Gasteiger charge is -2.31. The van der Waals surface area contributed by atoms with Gasteiger partial charge in [-0.2, -0.15) is 5.10 Å². The molecule has 0 saturated carbocycles. The van der Waals surface area contributed by atoms with Crippen LogP contribution in [0.15, 0.2) is 29.8 Å². The molecule has 1 aliphatic rings. The average molecular weight is 398 g/mol. The van der Waals surface area contributed by atoms with Crippen LogP contribution in [0.5, 0.6) is 0 Å². The number of amides is 1. The third-order valence-electron chi connectivity index (χ3n) is 4.21. The van der Waals surface area contributed by atoms with Crippen molar-refractivity contribution in [2.24, 2.45) is 0 Å². The van der Waals surface area contributed by atoms with Crippen LogP contribution in [0, 0.1) is 0 Å². The maximum absolute atomic E-state index is 12.3. The number of nitrogens with zero attached hydrogens (tertiary/aromatic N) is 3. The topological polar surface area (TPSA) is 96.3 Å². The van der Waals surface area contributed by atoms with Gasteiger partial charge in [0.25, 0.3) is 0 Å². The van der Waals surface area contributed by atoms with E-state index < -0.39 is 10.0 Å². The molecule has 3 heterocycles. The van der Waals surface area contributed by atoms with Gasteiger partial charge in [-0.3, -0.25) is 9.69 Å². The van der Waals surface area contributed by atoms with Gasteiger partial charge in [0.1, 0.15) is 5.82 Å². The predicted octanol–water partition coefficient (Wildman–Crippen LogP) is 0.945. The minimum atomic E-state index is -3.18. The molecule has 0 aliphatic carbocycles. The molecule has 8 nitrogen and oxygen atoms in total. The molecule has 26 heavy (non-hydrogen) atoms. The molecule has 1 fully saturated rings. The first-order valence-electron chi connectivity index (χ1n) is 8.43. The summed E-state index contributed by atoms with van der Waals surface area (Å²) in [4.78, 5) is 15.5. The molecule has 0 aromatic carbocycles. The quantitative estimate of drug-likeness (QED) is 0.725. The van der Waals surface area contributed by atoms with Crippen LogP contribution in [0.3, 0.4) is 0 Å². The molecule has 1 amide bonds. The number of sulfonamides is 1. The van der Waals surface area contributed by atoms with Crippen LogP contribution in [-0.2, 0) is 21.4 Å². The summed E-state index contributed by atoms with van der Waals surface area (Å²) >= 11 is 1.65. The maximum atomic E-state index is 12.3. The van der Waals surface area contributed by atoms with Crippen molar-refractivity contribution in [2.75, 3.05) is 31.2 Å². The third-order valence-corrected chi connectivity index (χ3v) is 5.83. The first-order valence-corrected chi connectivity index (χ1v) is 11.2. The summed E-state index contributed by atoms with van der Waals surface area (Å²) in [7, 11) is -3.18. The van der Waals surface area contributed by atoms with Crippen LogP contribution in [0.2, 0.25) is 0 Å². The zero-order valence-electron chi connectivity index (χ0n) is 14.6. The Morgan fingerprint density at radius 1 is 1.35 bits per heavy atom. The SMILES string of the molecule is CS(=O)(=O)NC1CCN(CC(=O)Nc2ccnn2Cc2cccs2)CC1. The molecule has 2 aromatic rings. The van der Waals surface area contributed by atoms with Gasteiger partial charge < -0.3 is 5.32 Å². The van der Waals surface area contributed by atoms with E-state index in [9.17, 15) is 13.2 Å². The Balaban J connectivity index is 1.47. The number of rotatable bonds is 7. The van der Waals surface area contributed by atoms with Crippen LogP contribution < -0.4 is 10.0 Å². The van der Waals surface area contributed by atoms with Gasteiger partial charge in [-0.05, 0) is 24.3 Å². The highest BCUT2D eigenvalue weighted by molar-refractivity contribution is 7.88. The van der Waals surface area contributed by atoms with E-state index in [-0.39, 0.29) is 18.5 Å². The number of carbonyl (C=O) groups excluding carboxylic acids is 1. The molecule has 0 spiro atoms. The zero-order valence-corrected chi connectivity index (χ0v) is 16.2. The van der Waals surface area contributed by atoms with Crippen molar-refractivity contribution in [3.8, 4) is 0 Å². The summed E-state index contributed by atoms with van der Waals surface area (Å²) in [6.07, 6.45) is 4.26. The predicted molar refractivity (Wildman–Crippen MR) is 102 cm³/mol. The number of aromatic nitrogens is 2. The zero-order chi connectivity index (χ0) is 18.6. The van der Waals surface area contributed by atoms with Gasteiger partial charge in [0.15, 0.2) is 0 Å². The van der Waals surface area contributed by atoms with Gasteiger partial charge >= 0.3 is 0 Å². The molecular weight excluding hydrogens is 374 g/mol. The number of hydrogen-bond donors (Lipinski definition) is 2. The van der Waals surface area contributed by atoms with Crippen molar-refractivity contribution < 1.29 is 13.2 Å². The van der Waals surface area contributed by atoms with Gasteiger partial charge in [-0.1, -0.05) is 6.07 Å². The first-order chi connectivity index (χ1) is 12.4. The molecule has 3 rings (SSSR count). The Bertz CT molecular complexity index is 824. The molecule has 1 saturated heterocycles. The van der Waals surface area contributed by atoms with Crippen molar-refractivity contribution in [1.82, 2.24) is 19.4 Å². The molecule has 2 N–H and O–H groups in total. The van der Waals surface area contributed by atoms with E-state index in [2.05, 4.69) is 15.1 Å². The summed E-state index contributed by atoms with van der Waals surface area (Å²) in [5.41, 5.74) is 0. The molecule has 10 heteroatoms. The number of piperidine rings is 1. The van der Waals surface area contributed by atoms with Gasteiger partial charge in [-0.25, -0.2) is 17.8 Å². The highest BCUT2D eigenvalue weighted by Crippen LogP contribution is 2.15. The molecule has 2 aromatic heterocycles. The number of anilines is 1. The largest absolute Gasteiger partial charge is 0.310 e. The molecule has 0 atom stereocenters. The molecule has 0 unspecified atom stereocenters. The van der Waals surface area contributed by atoms with E-state index in [4.69, 9.17) is 0 Å². The Morgan fingerprint density at radius 2 is 2.12 bits per heavy atom. The van der Waals surface area contributed by atoms with E-state index in [1.807, 2.05) is 22.4 Å². The highest BCUT2D eigenvalue weighted by Gasteiger charge is 2.23. The maximum Gasteiger partial charge on any atom is 0.239 e. The van der Waals surface area contributed by atoms with Crippen molar-refractivity contribution in [3.05, 3.63) is 34.7 Å². The fourth-order valence-corrected chi connectivity index (χ4v) is 4.54. The van der Waals surface area contributed by atoms with E-state index in [0.717, 1.165) is 0 Å². The standard InChI is InChI=1S/C16H23N5O3S2/c1-26(23,24)19-13-5-8-20(9-6-13)12-16(22)18-15-4-7-17-21(15)11-14-3-2-10-25-14/h2-4,7,10,13,19H,5-6,8-9,11-12H2,1H3,(H,18,22). The average Bonchev–Trinajstić information content (AvgIpc) is 3.21. The van der Waals surface area contributed by atoms with Crippen molar-refractivity contribution in [3.63, 3.8) is 0 Å². The van der Waals surface area contributed by atoms with Gasteiger partial charge in [0, 0.05) is 30.1 Å². The summed E-state index contributed by atoms with van der Waals surface area (Å²) < 4.78 is 27.0. The summed E-state index contributed by atoms with van der Waals surface area (Å²) in [5, 5.41) is 9.19. The van der Waals surface area contributed by atoms with Crippen LogP contribution in [0.4, 0.5) is 5.82 Å². The first kappa shape index (κ1) is 19.0. The minimum absolute atomic E-state index is 0.0449. The highest BCUT2D eigenvalue weighted by atomic mass is 32.2. The fraction of sp³-hybridized carbons (Fsp3) is 0.500. The number of likely N-dealkylation sites (tertiary alicyclic amines) is 1. The lowest BCUT2D eigenvalue weighted by atomic mass is 10.1. The summed E-state index contributed by atoms with van der Waals surface area (Å²) in [6.45, 7) is 2.29. The number of thiophene rings is 1. The normalized spacial score (nSPS) is 16.7. The minimum Gasteiger partial charge on any atom is -0.310 e. The van der Waals surface area contributed by atoms with Crippen LogP contribution in [-0.4, -0.2) is 60.9 Å². The van der Waals surface area contributed by atoms with Gasteiger partial charge in [-0.15, -0.1) is 11.3 Å². The lowest BCUT2D eigenvalue weighted by molar-refractivity contribution is -0.117. The molecular formula is C16H23N5O3S2. The van der Waals surface area contributed by atoms with Crippen LogP contribution >= 0.6 is 11.3 Å². The summed E-state index contributed by atoms with van der Waals surface area (Å²) in [6, 6.07) is 5.77. The van der Waals surface area contributed by atoms with E-state index >= 15 is 0 Å². The third kappa shape index (κ3) is 5.63. The van der Waals surface area contributed by atoms with Crippen LogP contribution in [0.25, 0.3) is 0 Å². The summed E-state index contributed by atoms with van der Waals surface area (Å²) in [5.74, 6) is 0.587. The lowest BCUT2D eigenvalue weighted by Crippen LogP contribution is -2.46. The smallest absolute Gasteiger partial charge is 0.239 e. The van der Waals surface area contributed by atoms with Crippen molar-refractivity contribution >= 4 is 33.1 Å². The van der Waals surface area contributed by atoms with Gasteiger partial charge in [0.2, 0.25) is 15.9 Å². The fourth-order valence-electron chi connectivity index (χ4n) is 3.01. The molecule has 0 bridgehead atoms. The number of hydrogen-bond acceptors (Lipinski definition) is 6. The molecule has 142 valence electrons. The number of carbonyl (C=O) groups is 1. The second-order valence-corrected chi connectivity index (χ2v) is 9.25. The van der Waals surface area contributed by atoms with Crippen LogP contribution in [0.1, 0.15) is 17.7 Å². The Kier molecular flexibility index (Phi) is 6.07. The Morgan fingerprint density at radius 3 is 2.77 bits per heavy atom. The van der Waals surface area contributed by atoms with Crippen molar-refractivity contribution in [1.29, 1.82) is 0 Å². The molecule has 0 radical (unpaired) electrons. The second kappa shape index (κ2) is 8.30. The van der Waals surface area contributed by atoms with E-state index in [1.54, 1.807) is 28.3 Å². The Hall–Kier alpha value is -1.75. The monoisotopic (exact) mass is 397 g/mol.